The molecule has 0 saturated heterocycles. The van der Waals surface area contributed by atoms with Gasteiger partial charge in [-0.05, 0) is 12.0 Å². The molecule has 0 fully saturated rings. The van der Waals surface area contributed by atoms with Crippen LogP contribution in [0.25, 0.3) is 0 Å². The molecular formula is C27H50IN. The van der Waals surface area contributed by atoms with Crippen molar-refractivity contribution < 1.29 is 0 Å². The number of rotatable bonds is 17. The first-order valence-corrected chi connectivity index (χ1v) is 13.5. The minimum absolute atomic E-state index is 0.508. The molecule has 1 aromatic carbocycles. The zero-order valence-corrected chi connectivity index (χ0v) is 22.0. The predicted molar refractivity (Wildman–Crippen MR) is 142 cm³/mol. The van der Waals surface area contributed by atoms with Gasteiger partial charge in [0, 0.05) is 9.97 Å². The number of alkyl halides is 1. The molecule has 0 atom stereocenters. The van der Waals surface area contributed by atoms with Crippen molar-refractivity contribution >= 4 is 22.6 Å². The topological polar surface area (TPSA) is 26.0 Å². The van der Waals surface area contributed by atoms with Crippen LogP contribution in [0.5, 0.6) is 0 Å². The van der Waals surface area contributed by atoms with E-state index in [-0.39, 0.29) is 0 Å². The largest absolute Gasteiger partial charge is 0.326 e. The molecule has 0 aliphatic carbocycles. The summed E-state index contributed by atoms with van der Waals surface area (Å²) in [4.78, 5) is 0. The molecule has 0 amide bonds. The van der Waals surface area contributed by atoms with Gasteiger partial charge in [-0.25, -0.2) is 0 Å². The molecule has 0 heterocycles. The summed E-state index contributed by atoms with van der Waals surface area (Å²) < 4.78 is 0.508. The highest BCUT2D eigenvalue weighted by atomic mass is 127. The Kier molecular flexibility index (Phi) is 21.1. The summed E-state index contributed by atoms with van der Waals surface area (Å²) in [5, 5.41) is 0. The van der Waals surface area contributed by atoms with Crippen molar-refractivity contribution in [3.05, 3.63) is 35.9 Å². The predicted octanol–water partition coefficient (Wildman–Crippen LogP) is 9.61. The lowest BCUT2D eigenvalue weighted by atomic mass is 10.0. The smallest absolute Gasteiger partial charge is 0.0178 e. The van der Waals surface area contributed by atoms with Gasteiger partial charge in [0.25, 0.3) is 0 Å². The van der Waals surface area contributed by atoms with Crippen molar-refractivity contribution in [2.45, 2.75) is 133 Å². The van der Waals surface area contributed by atoms with E-state index >= 15 is 0 Å². The lowest BCUT2D eigenvalue weighted by molar-refractivity contribution is 0.521. The maximum absolute atomic E-state index is 5.35. The van der Waals surface area contributed by atoms with E-state index in [1.54, 1.807) is 0 Å². The lowest BCUT2D eigenvalue weighted by Crippen LogP contribution is -2.07. The van der Waals surface area contributed by atoms with E-state index in [1.165, 1.54) is 108 Å². The SMILES string of the molecule is CCCCCCCCCCCCCCCCCC(C)(C)I.NCc1ccccc1. The monoisotopic (exact) mass is 515 g/mol. The zero-order valence-electron chi connectivity index (χ0n) is 19.9. The summed E-state index contributed by atoms with van der Waals surface area (Å²) in [5.74, 6) is 0. The summed E-state index contributed by atoms with van der Waals surface area (Å²) in [7, 11) is 0. The molecule has 0 aliphatic rings. The van der Waals surface area contributed by atoms with Crippen molar-refractivity contribution in [2.24, 2.45) is 5.73 Å². The second-order valence-corrected chi connectivity index (χ2v) is 12.0. The van der Waals surface area contributed by atoms with Gasteiger partial charge in [-0.1, -0.05) is 170 Å². The molecule has 0 bridgehead atoms. The third kappa shape index (κ3) is 24.1. The van der Waals surface area contributed by atoms with Crippen LogP contribution in [0.3, 0.4) is 0 Å². The molecule has 2 heteroatoms. The first-order chi connectivity index (χ1) is 14.0. The second-order valence-electron chi connectivity index (χ2n) is 9.11. The van der Waals surface area contributed by atoms with E-state index in [1.807, 2.05) is 30.3 Å². The molecule has 2 N–H and O–H groups in total. The van der Waals surface area contributed by atoms with E-state index < -0.39 is 0 Å². The minimum Gasteiger partial charge on any atom is -0.326 e. The van der Waals surface area contributed by atoms with Crippen LogP contribution in [0.2, 0.25) is 0 Å². The van der Waals surface area contributed by atoms with Gasteiger partial charge in [0.05, 0.1) is 0 Å². The Bertz CT molecular complexity index is 424. The summed E-state index contributed by atoms with van der Waals surface area (Å²) in [6.45, 7) is 7.62. The summed E-state index contributed by atoms with van der Waals surface area (Å²) in [6, 6.07) is 9.99. The van der Waals surface area contributed by atoms with Crippen molar-refractivity contribution in [2.75, 3.05) is 0 Å². The summed E-state index contributed by atoms with van der Waals surface area (Å²) in [6.07, 6.45) is 23.3. The average Bonchev–Trinajstić information content (AvgIpc) is 2.71. The number of benzene rings is 1. The molecule has 0 aromatic heterocycles. The van der Waals surface area contributed by atoms with Crippen LogP contribution in [-0.4, -0.2) is 3.42 Å². The third-order valence-corrected chi connectivity index (χ3v) is 5.99. The number of hydrogen-bond acceptors (Lipinski definition) is 1. The highest BCUT2D eigenvalue weighted by molar-refractivity contribution is 14.1. The molecule has 0 aliphatic heterocycles. The van der Waals surface area contributed by atoms with E-state index in [0.29, 0.717) is 9.97 Å². The standard InChI is InChI=1S/C20H41I.C7H9N/c1-4-5-6-7-8-9-10-11-12-13-14-15-16-17-18-19-20(2,3)21;8-6-7-4-2-1-3-5-7/h4-19H2,1-3H3;1-5H,6,8H2. The zero-order chi connectivity index (χ0) is 21.6. The molecule has 1 rings (SSSR count). The Hall–Kier alpha value is -0.0900. The van der Waals surface area contributed by atoms with E-state index in [2.05, 4.69) is 43.4 Å². The molecule has 0 radical (unpaired) electrons. The van der Waals surface area contributed by atoms with Gasteiger partial charge in [-0.3, -0.25) is 0 Å². The quantitative estimate of drug-likeness (QED) is 0.125. The minimum atomic E-state index is 0.508. The van der Waals surface area contributed by atoms with Gasteiger partial charge in [0.1, 0.15) is 0 Å². The summed E-state index contributed by atoms with van der Waals surface area (Å²) >= 11 is 2.58. The lowest BCUT2D eigenvalue weighted by Gasteiger charge is -2.15. The van der Waals surface area contributed by atoms with Crippen LogP contribution >= 0.6 is 22.6 Å². The number of hydrogen-bond donors (Lipinski definition) is 1. The summed E-state index contributed by atoms with van der Waals surface area (Å²) in [5.41, 5.74) is 6.54. The Morgan fingerprint density at radius 3 is 1.34 bits per heavy atom. The first kappa shape index (κ1) is 28.9. The number of halogens is 1. The average molecular weight is 516 g/mol. The molecule has 1 nitrogen and oxygen atoms in total. The maximum Gasteiger partial charge on any atom is 0.0178 e. The first-order valence-electron chi connectivity index (χ1n) is 12.4. The molecule has 0 saturated carbocycles. The van der Waals surface area contributed by atoms with Crippen LogP contribution in [0, 0.1) is 0 Å². The Labute approximate surface area is 197 Å². The van der Waals surface area contributed by atoms with E-state index in [9.17, 15) is 0 Å². The van der Waals surface area contributed by atoms with Crippen LogP contribution < -0.4 is 5.73 Å². The fraction of sp³-hybridized carbons (Fsp3) is 0.778. The Morgan fingerprint density at radius 2 is 1.03 bits per heavy atom. The van der Waals surface area contributed by atoms with Gasteiger partial charge < -0.3 is 5.73 Å². The third-order valence-electron chi connectivity index (χ3n) is 5.45. The van der Waals surface area contributed by atoms with Crippen LogP contribution in [0.15, 0.2) is 30.3 Å². The van der Waals surface area contributed by atoms with Crippen molar-refractivity contribution in [3.8, 4) is 0 Å². The highest BCUT2D eigenvalue weighted by Gasteiger charge is 2.10. The van der Waals surface area contributed by atoms with Gasteiger partial charge in [0.2, 0.25) is 0 Å². The van der Waals surface area contributed by atoms with Gasteiger partial charge in [-0.2, -0.15) is 0 Å². The maximum atomic E-state index is 5.35. The van der Waals surface area contributed by atoms with E-state index in [0.717, 1.165) is 0 Å². The highest BCUT2D eigenvalue weighted by Crippen LogP contribution is 2.24. The number of unbranched alkanes of at least 4 members (excludes halogenated alkanes) is 14. The molecular weight excluding hydrogens is 465 g/mol. The normalized spacial score (nSPS) is 11.2. The Balaban J connectivity index is 0.000000807. The van der Waals surface area contributed by atoms with Crippen molar-refractivity contribution in [3.63, 3.8) is 0 Å². The molecule has 0 spiro atoms. The van der Waals surface area contributed by atoms with Crippen LogP contribution in [0.4, 0.5) is 0 Å². The van der Waals surface area contributed by atoms with Crippen molar-refractivity contribution in [1.82, 2.24) is 0 Å². The molecule has 170 valence electrons. The van der Waals surface area contributed by atoms with Gasteiger partial charge in [0.15, 0.2) is 0 Å². The van der Waals surface area contributed by atoms with Gasteiger partial charge >= 0.3 is 0 Å². The van der Waals surface area contributed by atoms with Crippen molar-refractivity contribution in [1.29, 1.82) is 0 Å². The fourth-order valence-corrected chi connectivity index (χ4v) is 3.91. The fourth-order valence-electron chi connectivity index (χ4n) is 3.53. The number of nitrogens with two attached hydrogens (primary N) is 1. The molecule has 1 aromatic rings. The van der Waals surface area contributed by atoms with Crippen LogP contribution in [0.1, 0.15) is 129 Å². The van der Waals surface area contributed by atoms with E-state index in [4.69, 9.17) is 5.73 Å². The molecule has 29 heavy (non-hydrogen) atoms. The second kappa shape index (κ2) is 21.2. The Morgan fingerprint density at radius 1 is 0.655 bits per heavy atom. The van der Waals surface area contributed by atoms with Crippen LogP contribution in [-0.2, 0) is 6.54 Å². The molecule has 0 unspecified atom stereocenters. The van der Waals surface area contributed by atoms with Gasteiger partial charge in [-0.15, -0.1) is 0 Å².